The first kappa shape index (κ1) is 14.9. The predicted octanol–water partition coefficient (Wildman–Crippen LogP) is 3.65. The monoisotopic (exact) mass is 340 g/mol. The lowest BCUT2D eigenvalue weighted by Gasteiger charge is -2.19. The number of pyridine rings is 1. The fourth-order valence-electron chi connectivity index (χ4n) is 2.75. The second-order valence-corrected chi connectivity index (χ2v) is 6.56. The van der Waals surface area contributed by atoms with Gasteiger partial charge in [-0.25, -0.2) is 9.97 Å². The molecule has 4 heterocycles. The number of thiazole rings is 1. The molecule has 24 heavy (non-hydrogen) atoms. The molecule has 122 valence electrons. The Morgan fingerprint density at radius 2 is 2.08 bits per heavy atom. The van der Waals surface area contributed by atoms with E-state index in [0.29, 0.717) is 15.6 Å². The van der Waals surface area contributed by atoms with Gasteiger partial charge in [0.2, 0.25) is 0 Å². The van der Waals surface area contributed by atoms with Crippen molar-refractivity contribution in [3.8, 4) is 10.8 Å². The van der Waals surface area contributed by atoms with Gasteiger partial charge in [-0.1, -0.05) is 0 Å². The smallest absolute Gasteiger partial charge is 0.267 e. The van der Waals surface area contributed by atoms with Crippen LogP contribution in [0.1, 0.15) is 22.5 Å². The molecule has 0 aromatic carbocycles. The van der Waals surface area contributed by atoms with E-state index in [1.54, 1.807) is 24.7 Å². The van der Waals surface area contributed by atoms with Crippen LogP contribution in [-0.4, -0.2) is 29.0 Å². The molecule has 7 heteroatoms. The molecule has 4 rings (SSSR count). The molecule has 3 aromatic rings. The van der Waals surface area contributed by atoms with E-state index >= 15 is 0 Å². The number of carbonyl (C=O) groups excluding carboxylic acids is 1. The number of rotatable bonds is 4. The topological polar surface area (TPSA) is 71.3 Å². The molecule has 1 aliphatic heterocycles. The van der Waals surface area contributed by atoms with Crippen LogP contribution in [-0.2, 0) is 0 Å². The Balaban J connectivity index is 1.54. The maximum atomic E-state index is 12.5. The SMILES string of the molecule is O=C(Nc1cccnc1N1CCCC1)c1cnc(-c2ccco2)s1. The molecule has 0 spiro atoms. The Hall–Kier alpha value is -2.67. The number of furan rings is 1. The highest BCUT2D eigenvalue weighted by atomic mass is 32.1. The van der Waals surface area contributed by atoms with Crippen LogP contribution in [0.3, 0.4) is 0 Å². The Morgan fingerprint density at radius 3 is 2.88 bits per heavy atom. The summed E-state index contributed by atoms with van der Waals surface area (Å²) in [5.41, 5.74) is 0.734. The molecule has 0 radical (unpaired) electrons. The minimum atomic E-state index is -0.182. The van der Waals surface area contributed by atoms with Crippen molar-refractivity contribution in [2.45, 2.75) is 12.8 Å². The molecule has 1 amide bonds. The van der Waals surface area contributed by atoms with Crippen molar-refractivity contribution >= 4 is 28.7 Å². The molecule has 0 saturated carbocycles. The summed E-state index contributed by atoms with van der Waals surface area (Å²) in [6.07, 6.45) is 7.24. The number of anilines is 2. The van der Waals surface area contributed by atoms with Gasteiger partial charge in [0.1, 0.15) is 4.88 Å². The summed E-state index contributed by atoms with van der Waals surface area (Å²) in [6.45, 7) is 1.95. The summed E-state index contributed by atoms with van der Waals surface area (Å²) in [7, 11) is 0. The third kappa shape index (κ3) is 2.90. The minimum absolute atomic E-state index is 0.182. The Kier molecular flexibility index (Phi) is 4.00. The van der Waals surface area contributed by atoms with Gasteiger partial charge in [-0.05, 0) is 37.1 Å². The molecule has 1 saturated heterocycles. The van der Waals surface area contributed by atoms with Crippen LogP contribution in [0, 0.1) is 0 Å². The van der Waals surface area contributed by atoms with Gasteiger partial charge in [0.15, 0.2) is 16.6 Å². The summed E-state index contributed by atoms with van der Waals surface area (Å²) < 4.78 is 5.32. The van der Waals surface area contributed by atoms with E-state index in [-0.39, 0.29) is 5.91 Å². The second kappa shape index (κ2) is 6.45. The van der Waals surface area contributed by atoms with Gasteiger partial charge in [-0.15, -0.1) is 11.3 Å². The lowest BCUT2D eigenvalue weighted by atomic mass is 10.3. The van der Waals surface area contributed by atoms with Crippen LogP contribution in [0.4, 0.5) is 11.5 Å². The van der Waals surface area contributed by atoms with E-state index < -0.39 is 0 Å². The van der Waals surface area contributed by atoms with E-state index in [0.717, 1.165) is 37.4 Å². The van der Waals surface area contributed by atoms with Gasteiger partial charge >= 0.3 is 0 Å². The van der Waals surface area contributed by atoms with Crippen molar-refractivity contribution in [3.63, 3.8) is 0 Å². The largest absolute Gasteiger partial charge is 0.462 e. The van der Waals surface area contributed by atoms with E-state index in [2.05, 4.69) is 20.2 Å². The third-order valence-corrected chi connectivity index (χ3v) is 4.91. The molecule has 0 bridgehead atoms. The number of carbonyl (C=O) groups is 1. The first-order valence-corrected chi connectivity index (χ1v) is 8.64. The maximum Gasteiger partial charge on any atom is 0.267 e. The highest BCUT2D eigenvalue weighted by Crippen LogP contribution is 2.29. The minimum Gasteiger partial charge on any atom is -0.462 e. The molecule has 3 aromatic heterocycles. The maximum absolute atomic E-state index is 12.5. The quantitative estimate of drug-likeness (QED) is 0.785. The molecule has 1 fully saturated rings. The average Bonchev–Trinajstić information content (AvgIpc) is 3.35. The van der Waals surface area contributed by atoms with Crippen molar-refractivity contribution in [3.05, 3.63) is 47.8 Å². The van der Waals surface area contributed by atoms with Crippen molar-refractivity contribution in [1.29, 1.82) is 0 Å². The molecular formula is C17H16N4O2S. The highest BCUT2D eigenvalue weighted by Gasteiger charge is 2.19. The normalized spacial score (nSPS) is 14.1. The van der Waals surface area contributed by atoms with Gasteiger partial charge in [0.05, 0.1) is 18.1 Å². The molecule has 1 N–H and O–H groups in total. The second-order valence-electron chi connectivity index (χ2n) is 5.53. The first-order chi connectivity index (χ1) is 11.8. The molecule has 0 aliphatic carbocycles. The number of nitrogens with zero attached hydrogens (tertiary/aromatic N) is 3. The summed E-state index contributed by atoms with van der Waals surface area (Å²) >= 11 is 1.31. The van der Waals surface area contributed by atoms with Crippen LogP contribution in [0.5, 0.6) is 0 Å². The van der Waals surface area contributed by atoms with Gasteiger partial charge in [-0.2, -0.15) is 0 Å². The van der Waals surface area contributed by atoms with Crippen molar-refractivity contribution in [2.75, 3.05) is 23.3 Å². The molecule has 0 unspecified atom stereocenters. The number of amides is 1. The van der Waals surface area contributed by atoms with Crippen molar-refractivity contribution in [2.24, 2.45) is 0 Å². The van der Waals surface area contributed by atoms with Crippen LogP contribution >= 0.6 is 11.3 Å². The van der Waals surface area contributed by atoms with Crippen LogP contribution in [0.25, 0.3) is 10.8 Å². The van der Waals surface area contributed by atoms with Crippen LogP contribution in [0.2, 0.25) is 0 Å². The van der Waals surface area contributed by atoms with Crippen LogP contribution < -0.4 is 10.2 Å². The molecule has 0 atom stereocenters. The van der Waals surface area contributed by atoms with Crippen molar-refractivity contribution < 1.29 is 9.21 Å². The fourth-order valence-corrected chi connectivity index (χ4v) is 3.53. The number of aromatic nitrogens is 2. The number of nitrogens with one attached hydrogen (secondary N) is 1. The summed E-state index contributed by atoms with van der Waals surface area (Å²) in [6, 6.07) is 7.34. The Bertz CT molecular complexity index is 838. The van der Waals surface area contributed by atoms with E-state index in [4.69, 9.17) is 4.42 Å². The van der Waals surface area contributed by atoms with Crippen LogP contribution in [0.15, 0.2) is 47.3 Å². The number of hydrogen-bond donors (Lipinski definition) is 1. The zero-order valence-electron chi connectivity index (χ0n) is 12.9. The van der Waals surface area contributed by atoms with Gasteiger partial charge in [0, 0.05) is 19.3 Å². The zero-order chi connectivity index (χ0) is 16.4. The lowest BCUT2D eigenvalue weighted by Crippen LogP contribution is -2.22. The van der Waals surface area contributed by atoms with E-state index in [1.807, 2.05) is 18.2 Å². The molecule has 6 nitrogen and oxygen atoms in total. The average molecular weight is 340 g/mol. The fraction of sp³-hybridized carbons (Fsp3) is 0.235. The summed E-state index contributed by atoms with van der Waals surface area (Å²) in [4.78, 5) is 24.0. The lowest BCUT2D eigenvalue weighted by molar-refractivity contribution is 0.103. The Labute approximate surface area is 143 Å². The van der Waals surface area contributed by atoms with Crippen molar-refractivity contribution in [1.82, 2.24) is 9.97 Å². The van der Waals surface area contributed by atoms with Gasteiger partial charge < -0.3 is 14.6 Å². The molecular weight excluding hydrogens is 324 g/mol. The Morgan fingerprint density at radius 1 is 1.21 bits per heavy atom. The predicted molar refractivity (Wildman–Crippen MR) is 93.5 cm³/mol. The van der Waals surface area contributed by atoms with Gasteiger partial charge in [-0.3, -0.25) is 4.79 Å². The van der Waals surface area contributed by atoms with E-state index in [1.165, 1.54) is 11.3 Å². The summed E-state index contributed by atoms with van der Waals surface area (Å²) in [5.74, 6) is 1.32. The third-order valence-electron chi connectivity index (χ3n) is 3.90. The molecule has 1 aliphatic rings. The van der Waals surface area contributed by atoms with Gasteiger partial charge in [0.25, 0.3) is 5.91 Å². The number of hydrogen-bond acceptors (Lipinski definition) is 6. The highest BCUT2D eigenvalue weighted by molar-refractivity contribution is 7.17. The zero-order valence-corrected chi connectivity index (χ0v) is 13.8. The summed E-state index contributed by atoms with van der Waals surface area (Å²) in [5, 5.41) is 3.65. The first-order valence-electron chi connectivity index (χ1n) is 7.82. The van der Waals surface area contributed by atoms with E-state index in [9.17, 15) is 4.79 Å². The standard InChI is InChI=1S/C17H16N4O2S/c22-16(14-11-19-17(24-14)13-6-4-10-23-13)20-12-5-3-7-18-15(12)21-8-1-2-9-21/h3-7,10-11H,1-2,8-9H2,(H,20,22).